The van der Waals surface area contributed by atoms with Gasteiger partial charge in [0.2, 0.25) is 5.91 Å². The Balaban J connectivity index is 1.85. The molecule has 1 amide bonds. The number of hydrogen-bond acceptors (Lipinski definition) is 3. The molecular weight excluding hydrogens is 259 g/mol. The second-order valence-electron chi connectivity index (χ2n) is 4.14. The molecule has 2 rings (SSSR count). The van der Waals surface area contributed by atoms with Crippen molar-refractivity contribution in [3.8, 4) is 5.75 Å². The van der Waals surface area contributed by atoms with E-state index in [1.165, 1.54) is 12.1 Å². The van der Waals surface area contributed by atoms with Crippen LogP contribution in [0.25, 0.3) is 0 Å². The highest BCUT2D eigenvalue weighted by Gasteiger charge is 2.03. The number of ether oxygens (including phenoxy) is 1. The lowest BCUT2D eigenvalue weighted by atomic mass is 10.3. The Kier molecular flexibility index (Phi) is 4.55. The third-order valence-corrected chi connectivity index (χ3v) is 2.65. The summed E-state index contributed by atoms with van der Waals surface area (Å²) in [6, 6.07) is 13.0. The van der Waals surface area contributed by atoms with Crippen LogP contribution in [0.15, 0.2) is 48.5 Å². The summed E-state index contributed by atoms with van der Waals surface area (Å²) in [6.45, 7) is 0.100. The van der Waals surface area contributed by atoms with Gasteiger partial charge in [0.25, 0.3) is 0 Å². The number of hydrogen-bond donors (Lipinski definition) is 2. The molecule has 0 aromatic heterocycles. The van der Waals surface area contributed by atoms with E-state index in [2.05, 4.69) is 10.6 Å². The van der Waals surface area contributed by atoms with Gasteiger partial charge < -0.3 is 15.4 Å². The Labute approximate surface area is 116 Å². The monoisotopic (exact) mass is 274 g/mol. The van der Waals surface area contributed by atoms with Crippen molar-refractivity contribution in [3.63, 3.8) is 0 Å². The maximum atomic E-state index is 13.0. The smallest absolute Gasteiger partial charge is 0.243 e. The lowest BCUT2D eigenvalue weighted by Crippen LogP contribution is -2.21. The fourth-order valence-electron chi connectivity index (χ4n) is 1.66. The minimum absolute atomic E-state index is 0.100. The first-order valence-electron chi connectivity index (χ1n) is 6.11. The second-order valence-corrected chi connectivity index (χ2v) is 4.14. The number of carbonyl (C=O) groups excluding carboxylic acids is 1. The summed E-state index contributed by atoms with van der Waals surface area (Å²) in [6.07, 6.45) is 0. The molecule has 20 heavy (non-hydrogen) atoms. The van der Waals surface area contributed by atoms with Crippen molar-refractivity contribution in [2.45, 2.75) is 0 Å². The molecule has 0 radical (unpaired) electrons. The van der Waals surface area contributed by atoms with Crippen LogP contribution in [0.4, 0.5) is 15.8 Å². The van der Waals surface area contributed by atoms with E-state index >= 15 is 0 Å². The first-order chi connectivity index (χ1) is 9.67. The molecule has 2 aromatic rings. The van der Waals surface area contributed by atoms with Crippen LogP contribution in [-0.4, -0.2) is 19.6 Å². The lowest BCUT2D eigenvalue weighted by molar-refractivity contribution is -0.114. The first-order valence-corrected chi connectivity index (χ1v) is 6.11. The van der Waals surface area contributed by atoms with Gasteiger partial charge in [-0.15, -0.1) is 0 Å². The maximum absolute atomic E-state index is 13.0. The first kappa shape index (κ1) is 13.9. The molecule has 0 aliphatic rings. The van der Waals surface area contributed by atoms with Crippen LogP contribution < -0.4 is 15.4 Å². The molecule has 2 N–H and O–H groups in total. The van der Waals surface area contributed by atoms with Gasteiger partial charge in [0.05, 0.1) is 13.7 Å². The van der Waals surface area contributed by atoms with Crippen molar-refractivity contribution in [1.82, 2.24) is 0 Å². The fraction of sp³-hybridized carbons (Fsp3) is 0.133. The Hall–Kier alpha value is -2.56. The van der Waals surface area contributed by atoms with Crippen LogP contribution in [-0.2, 0) is 4.79 Å². The van der Waals surface area contributed by atoms with Crippen molar-refractivity contribution in [2.75, 3.05) is 24.3 Å². The highest BCUT2D eigenvalue weighted by atomic mass is 19.1. The number of benzene rings is 2. The molecule has 0 aliphatic carbocycles. The summed E-state index contributed by atoms with van der Waals surface area (Å²) in [4.78, 5) is 11.7. The van der Waals surface area contributed by atoms with Crippen LogP contribution in [0, 0.1) is 5.82 Å². The topological polar surface area (TPSA) is 50.4 Å². The van der Waals surface area contributed by atoms with Crippen LogP contribution in [0.3, 0.4) is 0 Å². The number of amides is 1. The molecule has 5 heteroatoms. The Morgan fingerprint density at radius 2 is 1.90 bits per heavy atom. The Morgan fingerprint density at radius 1 is 1.15 bits per heavy atom. The SMILES string of the molecule is COc1ccc(NCC(=O)Nc2cccc(F)c2)cc1. The summed E-state index contributed by atoms with van der Waals surface area (Å²) in [5.41, 5.74) is 1.24. The number of rotatable bonds is 5. The van der Waals surface area contributed by atoms with E-state index in [0.29, 0.717) is 5.69 Å². The zero-order chi connectivity index (χ0) is 14.4. The fourth-order valence-corrected chi connectivity index (χ4v) is 1.66. The predicted octanol–water partition coefficient (Wildman–Crippen LogP) is 2.88. The number of halogens is 1. The summed E-state index contributed by atoms with van der Waals surface area (Å²) >= 11 is 0. The minimum Gasteiger partial charge on any atom is -0.497 e. The van der Waals surface area contributed by atoms with Gasteiger partial charge in [0.15, 0.2) is 0 Å². The normalized spacial score (nSPS) is 9.90. The van der Waals surface area contributed by atoms with Crippen LogP contribution >= 0.6 is 0 Å². The van der Waals surface area contributed by atoms with E-state index in [1.54, 1.807) is 31.4 Å². The summed E-state index contributed by atoms with van der Waals surface area (Å²) in [7, 11) is 1.59. The van der Waals surface area contributed by atoms with Crippen molar-refractivity contribution in [2.24, 2.45) is 0 Å². The molecule has 0 atom stereocenters. The molecule has 0 fully saturated rings. The van der Waals surface area contributed by atoms with E-state index in [4.69, 9.17) is 4.74 Å². The second kappa shape index (κ2) is 6.56. The minimum atomic E-state index is -0.383. The lowest BCUT2D eigenvalue weighted by Gasteiger charge is -2.08. The van der Waals surface area contributed by atoms with E-state index < -0.39 is 0 Å². The standard InChI is InChI=1S/C15H15FN2O2/c1-20-14-7-5-12(6-8-14)17-10-15(19)18-13-4-2-3-11(16)9-13/h2-9,17H,10H2,1H3,(H,18,19). The molecule has 104 valence electrons. The van der Waals surface area contributed by atoms with Gasteiger partial charge in [0, 0.05) is 11.4 Å². The number of carbonyl (C=O) groups is 1. The van der Waals surface area contributed by atoms with Gasteiger partial charge in [-0.25, -0.2) is 4.39 Å². The highest BCUT2D eigenvalue weighted by molar-refractivity contribution is 5.93. The number of methoxy groups -OCH3 is 1. The molecule has 0 unspecified atom stereocenters. The van der Waals surface area contributed by atoms with Crippen molar-refractivity contribution in [3.05, 3.63) is 54.3 Å². The van der Waals surface area contributed by atoms with Crippen LogP contribution in [0.2, 0.25) is 0 Å². The predicted molar refractivity (Wildman–Crippen MR) is 76.5 cm³/mol. The van der Waals surface area contributed by atoms with Gasteiger partial charge in [0.1, 0.15) is 11.6 Å². The van der Waals surface area contributed by atoms with Gasteiger partial charge >= 0.3 is 0 Å². The molecule has 4 nitrogen and oxygen atoms in total. The van der Waals surface area contributed by atoms with E-state index in [9.17, 15) is 9.18 Å². The number of anilines is 2. The molecule has 2 aromatic carbocycles. The number of nitrogens with one attached hydrogen (secondary N) is 2. The third-order valence-electron chi connectivity index (χ3n) is 2.65. The summed E-state index contributed by atoms with van der Waals surface area (Å²) in [5, 5.41) is 5.58. The third kappa shape index (κ3) is 3.98. The Morgan fingerprint density at radius 3 is 2.55 bits per heavy atom. The largest absolute Gasteiger partial charge is 0.497 e. The molecular formula is C15H15FN2O2. The molecule has 0 saturated carbocycles. The molecule has 0 aliphatic heterocycles. The maximum Gasteiger partial charge on any atom is 0.243 e. The quantitative estimate of drug-likeness (QED) is 0.881. The van der Waals surface area contributed by atoms with Gasteiger partial charge in [-0.2, -0.15) is 0 Å². The Bertz CT molecular complexity index is 585. The van der Waals surface area contributed by atoms with Crippen molar-refractivity contribution < 1.29 is 13.9 Å². The molecule has 0 bridgehead atoms. The van der Waals surface area contributed by atoms with Crippen LogP contribution in [0.5, 0.6) is 5.75 Å². The average Bonchev–Trinajstić information content (AvgIpc) is 2.46. The zero-order valence-corrected chi connectivity index (χ0v) is 11.0. The van der Waals surface area contributed by atoms with Crippen LogP contribution in [0.1, 0.15) is 0 Å². The summed E-state index contributed by atoms with van der Waals surface area (Å²) < 4.78 is 18.0. The van der Waals surface area contributed by atoms with E-state index in [0.717, 1.165) is 11.4 Å². The molecule has 0 spiro atoms. The van der Waals surface area contributed by atoms with Gasteiger partial charge in [-0.3, -0.25) is 4.79 Å². The van der Waals surface area contributed by atoms with Crippen molar-refractivity contribution in [1.29, 1.82) is 0 Å². The summed E-state index contributed by atoms with van der Waals surface area (Å²) in [5.74, 6) is 0.122. The zero-order valence-electron chi connectivity index (χ0n) is 11.0. The van der Waals surface area contributed by atoms with E-state index in [-0.39, 0.29) is 18.3 Å². The molecule has 0 saturated heterocycles. The van der Waals surface area contributed by atoms with E-state index in [1.807, 2.05) is 12.1 Å². The molecule has 0 heterocycles. The van der Waals surface area contributed by atoms with Gasteiger partial charge in [-0.05, 0) is 42.5 Å². The average molecular weight is 274 g/mol. The van der Waals surface area contributed by atoms with Gasteiger partial charge in [-0.1, -0.05) is 6.07 Å². The van der Waals surface area contributed by atoms with Crippen molar-refractivity contribution >= 4 is 17.3 Å². The highest BCUT2D eigenvalue weighted by Crippen LogP contribution is 2.15.